The van der Waals surface area contributed by atoms with Crippen LogP contribution < -0.4 is 10.1 Å². The highest BCUT2D eigenvalue weighted by atomic mass is 16.5. The molecule has 1 heterocycles. The topological polar surface area (TPSA) is 34.1 Å². The number of unbranched alkanes of at least 4 members (excludes halogenated alkanes) is 1. The van der Waals surface area contributed by atoms with Crippen LogP contribution in [0.3, 0.4) is 0 Å². The molecule has 0 aliphatic rings. The number of aryl methyl sites for hydroxylation is 2. The quantitative estimate of drug-likeness (QED) is 0.748. The van der Waals surface area contributed by atoms with E-state index < -0.39 is 0 Å². The average molecular weight is 286 g/mol. The van der Waals surface area contributed by atoms with Crippen molar-refractivity contribution >= 4 is 10.9 Å². The highest BCUT2D eigenvalue weighted by Crippen LogP contribution is 2.26. The molecular weight excluding hydrogens is 260 g/mol. The van der Waals surface area contributed by atoms with Gasteiger partial charge in [-0.25, -0.2) is 4.98 Å². The number of hydrogen-bond donors (Lipinski definition) is 1. The normalized spacial score (nSPS) is 11.0. The van der Waals surface area contributed by atoms with E-state index in [2.05, 4.69) is 37.4 Å². The molecule has 1 N–H and O–H groups in total. The molecule has 0 aliphatic heterocycles. The lowest BCUT2D eigenvalue weighted by atomic mass is 10.0. The Labute approximate surface area is 127 Å². The molecule has 3 heteroatoms. The number of hydrogen-bond acceptors (Lipinski definition) is 3. The zero-order chi connectivity index (χ0) is 15.1. The first-order chi connectivity index (χ1) is 10.3. The Morgan fingerprint density at radius 1 is 1.24 bits per heavy atom. The number of fused-ring (bicyclic) bond motifs is 1. The fraction of sp³-hybridized carbons (Fsp3) is 0.500. The van der Waals surface area contributed by atoms with Gasteiger partial charge in [-0.3, -0.25) is 0 Å². The number of rotatable bonds is 8. The van der Waals surface area contributed by atoms with Gasteiger partial charge in [0.05, 0.1) is 6.61 Å². The number of para-hydroxylation sites is 1. The first kappa shape index (κ1) is 15.8. The maximum Gasteiger partial charge on any atom is 0.145 e. The minimum atomic E-state index is 0.764. The third-order valence-corrected chi connectivity index (χ3v) is 3.73. The Kier molecular flexibility index (Phi) is 6.00. The summed E-state index contributed by atoms with van der Waals surface area (Å²) in [6, 6.07) is 8.46. The summed E-state index contributed by atoms with van der Waals surface area (Å²) in [5.74, 6) is 0.908. The van der Waals surface area contributed by atoms with Crippen molar-refractivity contribution in [3.8, 4) is 5.75 Å². The van der Waals surface area contributed by atoms with Crippen molar-refractivity contribution in [1.82, 2.24) is 10.3 Å². The predicted molar refractivity (Wildman–Crippen MR) is 89.1 cm³/mol. The van der Waals surface area contributed by atoms with Crippen molar-refractivity contribution in [3.63, 3.8) is 0 Å². The standard InChI is InChI=1S/C18H26N2O/c1-4-5-12-21-17-10-6-8-16-13-15(9-7-11-19-3)14(2)20-18(16)17/h6,8,10,13,19H,4-5,7,9,11-12H2,1-3H3. The molecule has 0 radical (unpaired) electrons. The second-order valence-corrected chi connectivity index (χ2v) is 5.47. The fourth-order valence-electron chi connectivity index (χ4n) is 2.46. The van der Waals surface area contributed by atoms with Crippen LogP contribution in [0.5, 0.6) is 5.75 Å². The summed E-state index contributed by atoms with van der Waals surface area (Å²) in [5, 5.41) is 4.37. The molecule has 0 bridgehead atoms. The molecule has 2 rings (SSSR count). The van der Waals surface area contributed by atoms with Crippen LogP contribution >= 0.6 is 0 Å². The van der Waals surface area contributed by atoms with Gasteiger partial charge in [0, 0.05) is 11.1 Å². The molecule has 1 aromatic carbocycles. The first-order valence-corrected chi connectivity index (χ1v) is 7.93. The van der Waals surface area contributed by atoms with Gasteiger partial charge in [-0.2, -0.15) is 0 Å². The third kappa shape index (κ3) is 4.18. The highest BCUT2D eigenvalue weighted by molar-refractivity contribution is 5.85. The number of nitrogens with one attached hydrogen (secondary N) is 1. The lowest BCUT2D eigenvalue weighted by Gasteiger charge is -2.11. The van der Waals surface area contributed by atoms with E-state index in [0.717, 1.165) is 55.8 Å². The van der Waals surface area contributed by atoms with E-state index in [-0.39, 0.29) is 0 Å². The van der Waals surface area contributed by atoms with Gasteiger partial charge < -0.3 is 10.1 Å². The van der Waals surface area contributed by atoms with Crippen LogP contribution in [0.15, 0.2) is 24.3 Å². The number of nitrogens with zero attached hydrogens (tertiary/aromatic N) is 1. The zero-order valence-corrected chi connectivity index (χ0v) is 13.4. The van der Waals surface area contributed by atoms with Crippen LogP contribution in [0.25, 0.3) is 10.9 Å². The van der Waals surface area contributed by atoms with E-state index in [9.17, 15) is 0 Å². The molecular formula is C18H26N2O. The molecule has 0 saturated carbocycles. The van der Waals surface area contributed by atoms with Crippen molar-refractivity contribution in [2.45, 2.75) is 39.5 Å². The van der Waals surface area contributed by atoms with Crippen LogP contribution in [0, 0.1) is 6.92 Å². The summed E-state index contributed by atoms with van der Waals surface area (Å²) in [4.78, 5) is 4.79. The predicted octanol–water partition coefficient (Wildman–Crippen LogP) is 3.87. The van der Waals surface area contributed by atoms with E-state index in [1.807, 2.05) is 13.1 Å². The molecule has 0 atom stereocenters. The van der Waals surface area contributed by atoms with Crippen LogP contribution in [0.2, 0.25) is 0 Å². The Bertz CT molecular complexity index is 581. The molecule has 2 aromatic rings. The maximum atomic E-state index is 5.88. The smallest absolute Gasteiger partial charge is 0.145 e. The Morgan fingerprint density at radius 2 is 2.10 bits per heavy atom. The van der Waals surface area contributed by atoms with E-state index in [0.29, 0.717) is 0 Å². The summed E-state index contributed by atoms with van der Waals surface area (Å²) >= 11 is 0. The van der Waals surface area contributed by atoms with Gasteiger partial charge in [-0.15, -0.1) is 0 Å². The Balaban J connectivity index is 2.23. The molecule has 0 fully saturated rings. The number of benzene rings is 1. The van der Waals surface area contributed by atoms with Gasteiger partial charge in [0.1, 0.15) is 11.3 Å². The maximum absolute atomic E-state index is 5.88. The van der Waals surface area contributed by atoms with Gasteiger partial charge >= 0.3 is 0 Å². The summed E-state index contributed by atoms with van der Waals surface area (Å²) in [6.45, 7) is 6.07. The summed E-state index contributed by atoms with van der Waals surface area (Å²) in [6.07, 6.45) is 4.43. The molecule has 1 aromatic heterocycles. The lowest BCUT2D eigenvalue weighted by Crippen LogP contribution is -2.09. The third-order valence-electron chi connectivity index (χ3n) is 3.73. The number of ether oxygens (including phenoxy) is 1. The van der Waals surface area contributed by atoms with Crippen molar-refractivity contribution < 1.29 is 4.74 Å². The van der Waals surface area contributed by atoms with Crippen LogP contribution in [-0.2, 0) is 6.42 Å². The minimum Gasteiger partial charge on any atom is -0.491 e. The summed E-state index contributed by atoms with van der Waals surface area (Å²) < 4.78 is 5.88. The molecule has 21 heavy (non-hydrogen) atoms. The minimum absolute atomic E-state index is 0.764. The second kappa shape index (κ2) is 7.99. The highest BCUT2D eigenvalue weighted by Gasteiger charge is 2.07. The van der Waals surface area contributed by atoms with Gasteiger partial charge in [0.2, 0.25) is 0 Å². The first-order valence-electron chi connectivity index (χ1n) is 7.93. The van der Waals surface area contributed by atoms with E-state index >= 15 is 0 Å². The Morgan fingerprint density at radius 3 is 2.86 bits per heavy atom. The second-order valence-electron chi connectivity index (χ2n) is 5.47. The van der Waals surface area contributed by atoms with Gasteiger partial charge in [-0.1, -0.05) is 25.5 Å². The number of aromatic nitrogens is 1. The molecule has 0 aliphatic carbocycles. The summed E-state index contributed by atoms with van der Waals surface area (Å²) in [7, 11) is 1.99. The molecule has 0 saturated heterocycles. The molecule has 0 amide bonds. The zero-order valence-electron chi connectivity index (χ0n) is 13.4. The molecule has 0 spiro atoms. The van der Waals surface area contributed by atoms with Gasteiger partial charge in [-0.05, 0) is 57.5 Å². The van der Waals surface area contributed by atoms with Crippen LogP contribution in [0.1, 0.15) is 37.4 Å². The van der Waals surface area contributed by atoms with Crippen molar-refractivity contribution in [1.29, 1.82) is 0 Å². The average Bonchev–Trinajstić information content (AvgIpc) is 2.49. The van der Waals surface area contributed by atoms with Crippen LogP contribution in [0.4, 0.5) is 0 Å². The molecule has 3 nitrogen and oxygen atoms in total. The van der Waals surface area contributed by atoms with E-state index in [1.165, 1.54) is 10.9 Å². The van der Waals surface area contributed by atoms with E-state index in [1.54, 1.807) is 0 Å². The molecule has 0 unspecified atom stereocenters. The van der Waals surface area contributed by atoms with Gasteiger partial charge in [0.15, 0.2) is 0 Å². The largest absolute Gasteiger partial charge is 0.491 e. The molecule has 114 valence electrons. The van der Waals surface area contributed by atoms with Gasteiger partial charge in [0.25, 0.3) is 0 Å². The van der Waals surface area contributed by atoms with Crippen molar-refractivity contribution in [2.24, 2.45) is 0 Å². The monoisotopic (exact) mass is 286 g/mol. The van der Waals surface area contributed by atoms with Crippen LogP contribution in [-0.4, -0.2) is 25.2 Å². The number of pyridine rings is 1. The SMILES string of the molecule is CCCCOc1cccc2cc(CCCNC)c(C)nc12. The van der Waals surface area contributed by atoms with Crippen molar-refractivity contribution in [3.05, 3.63) is 35.5 Å². The van der Waals surface area contributed by atoms with Crippen molar-refractivity contribution in [2.75, 3.05) is 20.2 Å². The summed E-state index contributed by atoms with van der Waals surface area (Å²) in [5.41, 5.74) is 3.44. The fourth-order valence-corrected chi connectivity index (χ4v) is 2.46. The Hall–Kier alpha value is -1.61. The lowest BCUT2D eigenvalue weighted by molar-refractivity contribution is 0.312. The van der Waals surface area contributed by atoms with E-state index in [4.69, 9.17) is 9.72 Å².